The maximum Gasteiger partial charge on any atom is 0.494 e. The highest BCUT2D eigenvalue weighted by molar-refractivity contribution is 6.62. The van der Waals surface area contributed by atoms with E-state index in [1.165, 1.54) is 33.4 Å². The Morgan fingerprint density at radius 2 is 0.923 bits per heavy atom. The van der Waals surface area contributed by atoms with Crippen LogP contribution in [0.1, 0.15) is 77.6 Å². The average molecular weight is 520 g/mol. The molecular formula is C33H38B2O4. The summed E-state index contributed by atoms with van der Waals surface area (Å²) in [5, 5.41) is 0. The van der Waals surface area contributed by atoms with Crippen molar-refractivity contribution in [2.75, 3.05) is 0 Å². The lowest BCUT2D eigenvalue weighted by atomic mass is 9.77. The van der Waals surface area contributed by atoms with E-state index >= 15 is 0 Å². The number of hydrogen-bond acceptors (Lipinski definition) is 4. The first-order chi connectivity index (χ1) is 18.3. The van der Waals surface area contributed by atoms with Crippen LogP contribution in [-0.4, -0.2) is 36.6 Å². The second kappa shape index (κ2) is 8.94. The average Bonchev–Trinajstić information content (AvgIpc) is 3.44. The predicted octanol–water partition coefficient (Wildman–Crippen LogP) is 5.80. The first-order valence-corrected chi connectivity index (χ1v) is 14.0. The lowest BCUT2D eigenvalue weighted by Crippen LogP contribution is -2.41. The largest absolute Gasteiger partial charge is 0.494 e. The SMILES string of the molecule is CC1(C)OB(c2ccc(C3=C(c4ccc(B5OC(C)(C)C(C)(C)O5)cc4)c4ccccc4C3)cc2)OC1(C)C. The van der Waals surface area contributed by atoms with Gasteiger partial charge in [-0.25, -0.2) is 0 Å². The molecule has 3 aromatic rings. The Kier molecular flexibility index (Phi) is 6.09. The van der Waals surface area contributed by atoms with Gasteiger partial charge in [0.15, 0.2) is 0 Å². The molecule has 2 fully saturated rings. The van der Waals surface area contributed by atoms with Crippen molar-refractivity contribution in [1.82, 2.24) is 0 Å². The quantitative estimate of drug-likeness (QED) is 0.408. The summed E-state index contributed by atoms with van der Waals surface area (Å²) in [4.78, 5) is 0. The van der Waals surface area contributed by atoms with Gasteiger partial charge in [0, 0.05) is 0 Å². The molecular weight excluding hydrogens is 482 g/mol. The van der Waals surface area contributed by atoms with Crippen molar-refractivity contribution in [2.45, 2.75) is 84.2 Å². The van der Waals surface area contributed by atoms with Crippen molar-refractivity contribution in [1.29, 1.82) is 0 Å². The van der Waals surface area contributed by atoms with Crippen LogP contribution in [0.15, 0.2) is 72.8 Å². The first-order valence-electron chi connectivity index (χ1n) is 14.0. The van der Waals surface area contributed by atoms with Gasteiger partial charge in [0.05, 0.1) is 22.4 Å². The molecule has 3 aliphatic rings. The molecule has 3 aromatic carbocycles. The van der Waals surface area contributed by atoms with Crippen molar-refractivity contribution in [3.63, 3.8) is 0 Å². The molecule has 0 bridgehead atoms. The topological polar surface area (TPSA) is 36.9 Å². The van der Waals surface area contributed by atoms with Gasteiger partial charge in [-0.3, -0.25) is 0 Å². The zero-order valence-electron chi connectivity index (χ0n) is 24.4. The van der Waals surface area contributed by atoms with Gasteiger partial charge in [-0.1, -0.05) is 72.8 Å². The van der Waals surface area contributed by atoms with Gasteiger partial charge in [0.1, 0.15) is 0 Å². The number of allylic oxidation sites excluding steroid dienone is 1. The Hall–Kier alpha value is -2.63. The van der Waals surface area contributed by atoms with Crippen LogP contribution >= 0.6 is 0 Å². The summed E-state index contributed by atoms with van der Waals surface area (Å²) in [5.41, 5.74) is 8.34. The van der Waals surface area contributed by atoms with Gasteiger partial charge >= 0.3 is 14.2 Å². The third kappa shape index (κ3) is 4.42. The van der Waals surface area contributed by atoms with E-state index in [2.05, 4.69) is 128 Å². The minimum absolute atomic E-state index is 0.356. The Morgan fingerprint density at radius 1 is 0.513 bits per heavy atom. The molecule has 6 rings (SSSR count). The van der Waals surface area contributed by atoms with Crippen LogP contribution in [0.25, 0.3) is 11.1 Å². The normalized spacial score (nSPS) is 22.5. The van der Waals surface area contributed by atoms with Crippen LogP contribution in [0, 0.1) is 0 Å². The Labute approximate surface area is 234 Å². The fourth-order valence-electron chi connectivity index (χ4n) is 5.54. The van der Waals surface area contributed by atoms with E-state index in [4.69, 9.17) is 18.6 Å². The van der Waals surface area contributed by atoms with Crippen LogP contribution in [0.5, 0.6) is 0 Å². The van der Waals surface area contributed by atoms with Gasteiger partial charge < -0.3 is 18.6 Å². The molecule has 0 radical (unpaired) electrons. The molecule has 2 heterocycles. The second-order valence-electron chi connectivity index (χ2n) is 13.1. The number of fused-ring (bicyclic) bond motifs is 1. The van der Waals surface area contributed by atoms with E-state index in [0.717, 1.165) is 17.3 Å². The fourth-order valence-corrected chi connectivity index (χ4v) is 5.54. The molecule has 1 aliphatic carbocycles. The summed E-state index contributed by atoms with van der Waals surface area (Å²) < 4.78 is 25.1. The van der Waals surface area contributed by atoms with E-state index in [9.17, 15) is 0 Å². The molecule has 2 aliphatic heterocycles. The van der Waals surface area contributed by atoms with Crippen molar-refractivity contribution >= 4 is 36.3 Å². The number of rotatable bonds is 4. The lowest BCUT2D eigenvalue weighted by Gasteiger charge is -2.32. The van der Waals surface area contributed by atoms with Crippen LogP contribution in [0.4, 0.5) is 0 Å². The smallest absolute Gasteiger partial charge is 0.399 e. The van der Waals surface area contributed by atoms with Crippen molar-refractivity contribution in [2.24, 2.45) is 0 Å². The summed E-state index contributed by atoms with van der Waals surface area (Å²) in [6.45, 7) is 16.7. The molecule has 0 spiro atoms. The summed E-state index contributed by atoms with van der Waals surface area (Å²) >= 11 is 0. The predicted molar refractivity (Wildman–Crippen MR) is 160 cm³/mol. The molecule has 0 atom stereocenters. The standard InChI is InChI=1S/C33H38B2O4/c1-30(2)31(3,4)37-34(36-30)25-17-13-22(14-18-25)28-21-24-11-9-10-12-27(24)29(28)23-15-19-26(20-16-23)35-38-32(5,6)33(7,8)39-35/h9-20H,21H2,1-8H3. The highest BCUT2D eigenvalue weighted by Crippen LogP contribution is 2.42. The van der Waals surface area contributed by atoms with Crippen LogP contribution in [0.3, 0.4) is 0 Å². The minimum Gasteiger partial charge on any atom is -0.399 e. The molecule has 4 nitrogen and oxygen atoms in total. The zero-order valence-corrected chi connectivity index (χ0v) is 24.4. The molecule has 39 heavy (non-hydrogen) atoms. The molecule has 2 saturated heterocycles. The van der Waals surface area contributed by atoms with Crippen molar-refractivity contribution in [3.05, 3.63) is 95.1 Å². The van der Waals surface area contributed by atoms with Gasteiger partial charge in [-0.15, -0.1) is 0 Å². The van der Waals surface area contributed by atoms with Crippen LogP contribution < -0.4 is 10.9 Å². The van der Waals surface area contributed by atoms with Crippen LogP contribution in [-0.2, 0) is 25.0 Å². The number of hydrogen-bond donors (Lipinski definition) is 0. The number of benzene rings is 3. The Balaban J connectivity index is 1.32. The van der Waals surface area contributed by atoms with E-state index in [1.54, 1.807) is 0 Å². The van der Waals surface area contributed by atoms with E-state index in [1.807, 2.05) is 0 Å². The second-order valence-corrected chi connectivity index (χ2v) is 13.1. The highest BCUT2D eigenvalue weighted by Gasteiger charge is 2.52. The maximum atomic E-state index is 6.29. The molecule has 6 heteroatoms. The summed E-state index contributed by atoms with van der Waals surface area (Å²) in [6.07, 6.45) is 0.903. The Morgan fingerprint density at radius 3 is 1.38 bits per heavy atom. The summed E-state index contributed by atoms with van der Waals surface area (Å²) in [7, 11) is -0.725. The van der Waals surface area contributed by atoms with Crippen molar-refractivity contribution in [3.8, 4) is 0 Å². The third-order valence-electron chi connectivity index (χ3n) is 9.47. The molecule has 0 unspecified atom stereocenters. The van der Waals surface area contributed by atoms with Crippen LogP contribution in [0.2, 0.25) is 0 Å². The van der Waals surface area contributed by atoms with Gasteiger partial charge in [0.25, 0.3) is 0 Å². The highest BCUT2D eigenvalue weighted by atomic mass is 16.7. The third-order valence-corrected chi connectivity index (χ3v) is 9.47. The maximum absolute atomic E-state index is 6.29. The van der Waals surface area contributed by atoms with Gasteiger partial charge in [-0.2, -0.15) is 0 Å². The summed E-state index contributed by atoms with van der Waals surface area (Å²) in [6, 6.07) is 26.1. The van der Waals surface area contributed by atoms with E-state index in [0.29, 0.717) is 0 Å². The first kappa shape index (κ1) is 26.6. The van der Waals surface area contributed by atoms with Gasteiger partial charge in [-0.05, 0) is 106 Å². The van der Waals surface area contributed by atoms with E-state index < -0.39 is 0 Å². The minimum atomic E-state index is -0.365. The van der Waals surface area contributed by atoms with E-state index in [-0.39, 0.29) is 36.6 Å². The van der Waals surface area contributed by atoms with Crippen molar-refractivity contribution < 1.29 is 18.6 Å². The molecule has 0 aromatic heterocycles. The zero-order chi connectivity index (χ0) is 27.8. The molecule has 0 N–H and O–H groups in total. The fraction of sp³-hybridized carbons (Fsp3) is 0.394. The Bertz CT molecular complexity index is 1400. The van der Waals surface area contributed by atoms with Gasteiger partial charge in [0.2, 0.25) is 0 Å². The molecule has 0 saturated carbocycles. The molecule has 200 valence electrons. The lowest BCUT2D eigenvalue weighted by molar-refractivity contribution is 0.00578. The monoisotopic (exact) mass is 520 g/mol. The molecule has 0 amide bonds. The summed E-state index contributed by atoms with van der Waals surface area (Å²) in [5.74, 6) is 0.